The standard InChI is InChI=1S/C20H20Cl2N4O3/c1-10(2)15-16(17(27)12-6-11(3)7-13(21)8-12)26(20(29)25-18(15)28)9-14-4-5-23-19(22)24-14/h6-8,10H,4-5,9H2,1-3H3,(H,25,28,29). The fourth-order valence-electron chi connectivity index (χ4n) is 3.32. The minimum Gasteiger partial charge on any atom is -0.287 e. The average molecular weight is 435 g/mol. The summed E-state index contributed by atoms with van der Waals surface area (Å²) in [6.07, 6.45) is 0.503. The third kappa shape index (κ3) is 4.57. The molecule has 0 saturated heterocycles. The van der Waals surface area contributed by atoms with E-state index < -0.39 is 17.0 Å². The zero-order valence-electron chi connectivity index (χ0n) is 16.3. The van der Waals surface area contributed by atoms with Crippen LogP contribution in [0.4, 0.5) is 0 Å². The molecule has 0 atom stereocenters. The molecule has 152 valence electrons. The minimum absolute atomic E-state index is 0.0295. The maximum atomic E-state index is 13.4. The topological polar surface area (TPSA) is 96.7 Å². The summed E-state index contributed by atoms with van der Waals surface area (Å²) in [5.41, 5.74) is 0.729. The molecule has 0 aliphatic carbocycles. The summed E-state index contributed by atoms with van der Waals surface area (Å²) in [7, 11) is 0. The highest BCUT2D eigenvalue weighted by molar-refractivity contribution is 6.65. The van der Waals surface area contributed by atoms with Crippen LogP contribution < -0.4 is 11.2 Å². The van der Waals surface area contributed by atoms with Crippen LogP contribution in [0.25, 0.3) is 0 Å². The van der Waals surface area contributed by atoms with Crippen molar-refractivity contribution in [3.63, 3.8) is 0 Å². The Bertz CT molecular complexity index is 1140. The quantitative estimate of drug-likeness (QED) is 0.577. The number of H-pyrrole nitrogens is 1. The van der Waals surface area contributed by atoms with Gasteiger partial charge >= 0.3 is 5.69 Å². The van der Waals surface area contributed by atoms with Gasteiger partial charge in [-0.1, -0.05) is 25.4 Å². The van der Waals surface area contributed by atoms with Crippen molar-refractivity contribution in [3.05, 3.63) is 66.4 Å². The van der Waals surface area contributed by atoms with Gasteiger partial charge in [0.2, 0.25) is 11.1 Å². The molecular weight excluding hydrogens is 415 g/mol. The molecule has 2 heterocycles. The second-order valence-electron chi connectivity index (χ2n) is 7.19. The van der Waals surface area contributed by atoms with Gasteiger partial charge in [-0.05, 0) is 48.2 Å². The van der Waals surface area contributed by atoms with Gasteiger partial charge in [-0.2, -0.15) is 0 Å². The van der Waals surface area contributed by atoms with Crippen molar-refractivity contribution in [2.75, 3.05) is 6.54 Å². The summed E-state index contributed by atoms with van der Waals surface area (Å²) in [6, 6.07) is 4.93. The Morgan fingerprint density at radius 1 is 1.24 bits per heavy atom. The first-order valence-corrected chi connectivity index (χ1v) is 9.88. The highest BCUT2D eigenvalue weighted by Crippen LogP contribution is 2.22. The number of carbonyl (C=O) groups excluding carboxylic acids is 1. The van der Waals surface area contributed by atoms with Gasteiger partial charge in [0, 0.05) is 34.8 Å². The third-order valence-electron chi connectivity index (χ3n) is 4.57. The smallest absolute Gasteiger partial charge is 0.287 e. The molecule has 1 aliphatic rings. The highest BCUT2D eigenvalue weighted by atomic mass is 35.5. The second-order valence-corrected chi connectivity index (χ2v) is 7.96. The number of aromatic amines is 1. The molecular formula is C20H20Cl2N4O3. The molecule has 29 heavy (non-hydrogen) atoms. The van der Waals surface area contributed by atoms with Crippen LogP contribution in [-0.2, 0) is 6.54 Å². The summed E-state index contributed by atoms with van der Waals surface area (Å²) in [5.74, 6) is -0.734. The first kappa shape index (κ1) is 21.2. The summed E-state index contributed by atoms with van der Waals surface area (Å²) in [6.45, 7) is 5.88. The highest BCUT2D eigenvalue weighted by Gasteiger charge is 2.25. The van der Waals surface area contributed by atoms with E-state index in [1.807, 2.05) is 6.92 Å². The van der Waals surface area contributed by atoms with Gasteiger partial charge in [0.05, 0.1) is 6.54 Å². The number of ketones is 1. The van der Waals surface area contributed by atoms with E-state index in [1.165, 1.54) is 10.6 Å². The largest absolute Gasteiger partial charge is 0.329 e. The number of hydrogen-bond acceptors (Lipinski definition) is 5. The van der Waals surface area contributed by atoms with E-state index in [1.54, 1.807) is 26.0 Å². The first-order valence-electron chi connectivity index (χ1n) is 9.12. The molecule has 0 spiro atoms. The third-order valence-corrected chi connectivity index (χ3v) is 4.99. The van der Waals surface area contributed by atoms with Crippen LogP contribution in [-0.4, -0.2) is 32.9 Å². The van der Waals surface area contributed by atoms with Crippen molar-refractivity contribution in [2.24, 2.45) is 9.98 Å². The number of aliphatic imine (C=N–C) groups is 2. The molecule has 1 N–H and O–H groups in total. The number of aromatic nitrogens is 2. The number of aryl methyl sites for hydroxylation is 1. The van der Waals surface area contributed by atoms with Crippen molar-refractivity contribution in [3.8, 4) is 0 Å². The van der Waals surface area contributed by atoms with Crippen molar-refractivity contribution < 1.29 is 4.79 Å². The lowest BCUT2D eigenvalue weighted by atomic mass is 9.96. The van der Waals surface area contributed by atoms with Crippen LogP contribution in [0.5, 0.6) is 0 Å². The number of amidine groups is 1. The lowest BCUT2D eigenvalue weighted by Gasteiger charge is -2.19. The summed E-state index contributed by atoms with van der Waals surface area (Å²) in [4.78, 5) is 49.1. The van der Waals surface area contributed by atoms with Crippen LogP contribution in [0.1, 0.15) is 53.4 Å². The van der Waals surface area contributed by atoms with E-state index in [9.17, 15) is 14.4 Å². The van der Waals surface area contributed by atoms with Gasteiger partial charge in [0.25, 0.3) is 5.56 Å². The molecule has 0 fully saturated rings. The van der Waals surface area contributed by atoms with Crippen molar-refractivity contribution in [2.45, 2.75) is 39.7 Å². The molecule has 0 radical (unpaired) electrons. The lowest BCUT2D eigenvalue weighted by Crippen LogP contribution is -2.39. The molecule has 0 amide bonds. The van der Waals surface area contributed by atoms with Crippen LogP contribution in [0, 0.1) is 6.92 Å². The molecule has 2 aromatic rings. The Labute approximate surface area is 177 Å². The molecule has 0 unspecified atom stereocenters. The van der Waals surface area contributed by atoms with Gasteiger partial charge in [0.1, 0.15) is 5.69 Å². The van der Waals surface area contributed by atoms with E-state index in [0.29, 0.717) is 29.3 Å². The maximum absolute atomic E-state index is 13.4. The van der Waals surface area contributed by atoms with Crippen LogP contribution in [0.3, 0.4) is 0 Å². The normalized spacial score (nSPS) is 14.0. The van der Waals surface area contributed by atoms with Crippen molar-refractivity contribution in [1.82, 2.24) is 9.55 Å². The predicted molar refractivity (Wildman–Crippen MR) is 115 cm³/mol. The Balaban J connectivity index is 2.24. The lowest BCUT2D eigenvalue weighted by molar-refractivity contribution is 0.102. The molecule has 1 aliphatic heterocycles. The molecule has 1 aromatic heterocycles. The summed E-state index contributed by atoms with van der Waals surface area (Å²) in [5, 5.41) is 0.504. The number of rotatable bonds is 5. The summed E-state index contributed by atoms with van der Waals surface area (Å²) >= 11 is 12.0. The second kappa shape index (κ2) is 8.47. The van der Waals surface area contributed by atoms with Gasteiger partial charge in [0.15, 0.2) is 0 Å². The Morgan fingerprint density at radius 3 is 2.59 bits per heavy atom. The van der Waals surface area contributed by atoms with Crippen molar-refractivity contribution in [1.29, 1.82) is 0 Å². The van der Waals surface area contributed by atoms with Crippen molar-refractivity contribution >= 4 is 40.0 Å². The molecule has 9 heteroatoms. The number of nitrogens with zero attached hydrogens (tertiary/aromatic N) is 3. The van der Waals surface area contributed by atoms with Gasteiger partial charge in [-0.15, -0.1) is 0 Å². The van der Waals surface area contributed by atoms with E-state index in [4.69, 9.17) is 23.2 Å². The van der Waals surface area contributed by atoms with Gasteiger partial charge in [-0.25, -0.2) is 9.79 Å². The fraction of sp³-hybridized carbons (Fsp3) is 0.350. The molecule has 7 nitrogen and oxygen atoms in total. The minimum atomic E-state index is -0.678. The first-order chi connectivity index (χ1) is 13.7. The number of halogens is 2. The summed E-state index contributed by atoms with van der Waals surface area (Å²) < 4.78 is 1.25. The van der Waals surface area contributed by atoms with E-state index in [2.05, 4.69) is 15.0 Å². The zero-order valence-corrected chi connectivity index (χ0v) is 17.8. The van der Waals surface area contributed by atoms with Crippen LogP contribution in [0.15, 0.2) is 37.8 Å². The zero-order chi connectivity index (χ0) is 21.3. The van der Waals surface area contributed by atoms with Gasteiger partial charge in [-0.3, -0.25) is 24.1 Å². The number of nitrogens with one attached hydrogen (secondary N) is 1. The van der Waals surface area contributed by atoms with Gasteiger partial charge < -0.3 is 0 Å². The Morgan fingerprint density at radius 2 is 1.97 bits per heavy atom. The number of carbonyl (C=O) groups is 1. The SMILES string of the molecule is Cc1cc(Cl)cc(C(=O)c2c(C(C)C)c(=O)[nH]c(=O)n2CC2=NC(Cl)=NCC2)c1. The average Bonchev–Trinajstić information content (AvgIpc) is 2.62. The molecule has 3 rings (SSSR count). The maximum Gasteiger partial charge on any atom is 0.329 e. The Hall–Kier alpha value is -2.51. The molecule has 0 saturated carbocycles. The van der Waals surface area contributed by atoms with E-state index in [-0.39, 0.29) is 29.0 Å². The van der Waals surface area contributed by atoms with E-state index >= 15 is 0 Å². The molecule has 0 bridgehead atoms. The monoisotopic (exact) mass is 434 g/mol. The molecule has 1 aromatic carbocycles. The fourth-order valence-corrected chi connectivity index (χ4v) is 3.81. The predicted octanol–water partition coefficient (Wildman–Crippen LogP) is 3.29. The van der Waals surface area contributed by atoms with E-state index in [0.717, 1.165) is 5.56 Å². The van der Waals surface area contributed by atoms with Crippen LogP contribution >= 0.6 is 23.2 Å². The Kier molecular flexibility index (Phi) is 6.19. The number of benzene rings is 1. The van der Waals surface area contributed by atoms with Crippen LogP contribution in [0.2, 0.25) is 5.02 Å². The number of hydrogen-bond donors (Lipinski definition) is 1.